The molecule has 1 aromatic carbocycles. The molecule has 7 nitrogen and oxygen atoms in total. The number of pyridine rings is 1. The Bertz CT molecular complexity index is 1050. The van der Waals surface area contributed by atoms with Crippen LogP contribution in [0.4, 0.5) is 30.2 Å². The fourth-order valence-electron chi connectivity index (χ4n) is 3.79. The second-order valence-corrected chi connectivity index (χ2v) is 8.98. The van der Waals surface area contributed by atoms with Gasteiger partial charge in [-0.1, -0.05) is 0 Å². The van der Waals surface area contributed by atoms with Crippen molar-refractivity contribution in [2.45, 2.75) is 25.2 Å². The molecule has 2 heterocycles. The molecule has 0 radical (unpaired) electrons. The Kier molecular flexibility index (Phi) is 5.50. The molecule has 0 spiro atoms. The summed E-state index contributed by atoms with van der Waals surface area (Å²) in [5, 5.41) is 2.58. The number of methoxy groups -OCH3 is 1. The molecule has 2 N–H and O–H groups in total. The van der Waals surface area contributed by atoms with Gasteiger partial charge in [-0.05, 0) is 42.5 Å². The van der Waals surface area contributed by atoms with Crippen molar-refractivity contribution in [3.63, 3.8) is 0 Å². The van der Waals surface area contributed by atoms with E-state index in [2.05, 4.69) is 10.0 Å². The second kappa shape index (κ2) is 7.86. The van der Waals surface area contributed by atoms with E-state index in [9.17, 15) is 22.5 Å². The van der Waals surface area contributed by atoms with Crippen LogP contribution in [0, 0.1) is 5.92 Å². The van der Waals surface area contributed by atoms with Crippen molar-refractivity contribution in [1.29, 1.82) is 0 Å². The molecular formula is C20H23F3N4O3S. The van der Waals surface area contributed by atoms with Crippen LogP contribution in [0.15, 0.2) is 29.2 Å². The van der Waals surface area contributed by atoms with Crippen molar-refractivity contribution in [3.8, 4) is 16.9 Å². The average Bonchev–Trinajstić information content (AvgIpc) is 3.42. The Balaban J connectivity index is 1.87. The van der Waals surface area contributed by atoms with E-state index in [-0.39, 0.29) is 29.5 Å². The summed E-state index contributed by atoms with van der Waals surface area (Å²) in [4.78, 5) is 13.5. The van der Waals surface area contributed by atoms with Crippen LogP contribution in [0.5, 0.6) is 5.75 Å². The number of alkyl halides is 3. The second-order valence-electron chi connectivity index (χ2n) is 7.87. The van der Waals surface area contributed by atoms with Gasteiger partial charge in [-0.15, -0.1) is 0 Å². The lowest BCUT2D eigenvalue weighted by Gasteiger charge is -2.28. The van der Waals surface area contributed by atoms with Gasteiger partial charge in [-0.3, -0.25) is 4.79 Å². The van der Waals surface area contributed by atoms with Gasteiger partial charge in [0.15, 0.2) is 11.9 Å². The van der Waals surface area contributed by atoms with Crippen LogP contribution in [-0.2, 0) is 18.4 Å². The summed E-state index contributed by atoms with van der Waals surface area (Å²) in [7, 11) is 2.95. The zero-order valence-electron chi connectivity index (χ0n) is 17.2. The van der Waals surface area contributed by atoms with E-state index >= 15 is 0 Å². The minimum Gasteiger partial charge on any atom is -0.593 e. The van der Waals surface area contributed by atoms with Crippen LogP contribution in [0.1, 0.15) is 12.8 Å². The van der Waals surface area contributed by atoms with Gasteiger partial charge in [0.1, 0.15) is 11.9 Å². The van der Waals surface area contributed by atoms with Crippen molar-refractivity contribution in [2.24, 2.45) is 13.0 Å². The number of benzene rings is 1. The van der Waals surface area contributed by atoms with E-state index in [1.807, 2.05) is 0 Å². The molecule has 1 aliphatic carbocycles. The number of hydrogen-bond acceptors (Lipinski definition) is 6. The summed E-state index contributed by atoms with van der Waals surface area (Å²) >= 11 is -1.50. The highest BCUT2D eigenvalue weighted by Crippen LogP contribution is 2.48. The summed E-state index contributed by atoms with van der Waals surface area (Å²) in [5.41, 5.74) is 1.79. The fourth-order valence-corrected chi connectivity index (χ4v) is 4.26. The zero-order chi connectivity index (χ0) is 22.5. The van der Waals surface area contributed by atoms with Crippen LogP contribution in [0.2, 0.25) is 0 Å². The monoisotopic (exact) mass is 456 g/mol. The van der Waals surface area contributed by atoms with E-state index in [1.165, 1.54) is 22.8 Å². The molecule has 1 aromatic heterocycles. The third kappa shape index (κ3) is 4.29. The molecule has 2 aromatic rings. The molecule has 1 saturated carbocycles. The Labute approximate surface area is 180 Å². The maximum atomic E-state index is 13.8. The lowest BCUT2D eigenvalue weighted by atomic mass is 10.0. The average molecular weight is 456 g/mol. The van der Waals surface area contributed by atoms with Crippen LogP contribution in [0.3, 0.4) is 0 Å². The van der Waals surface area contributed by atoms with Gasteiger partial charge in [-0.2, -0.15) is 13.2 Å². The summed E-state index contributed by atoms with van der Waals surface area (Å²) in [6, 6.07) is 4.84. The summed E-state index contributed by atoms with van der Waals surface area (Å²) in [6.45, 7) is 0.277. The number of aryl methyl sites for hydroxylation is 1. The molecule has 2 atom stereocenters. The van der Waals surface area contributed by atoms with Crippen molar-refractivity contribution in [3.05, 3.63) is 34.7 Å². The molecule has 1 aliphatic heterocycles. The first-order valence-corrected chi connectivity index (χ1v) is 11.3. The Morgan fingerprint density at radius 2 is 2.00 bits per heavy atom. The van der Waals surface area contributed by atoms with Crippen LogP contribution >= 0.6 is 0 Å². The highest BCUT2D eigenvalue weighted by molar-refractivity contribution is 7.92. The van der Waals surface area contributed by atoms with Gasteiger partial charge < -0.3 is 24.1 Å². The third-order valence-electron chi connectivity index (χ3n) is 5.44. The van der Waals surface area contributed by atoms with Crippen LogP contribution in [0.25, 0.3) is 11.1 Å². The van der Waals surface area contributed by atoms with Crippen molar-refractivity contribution < 1.29 is 22.5 Å². The maximum Gasteiger partial charge on any atom is 0.427 e. The van der Waals surface area contributed by atoms with Gasteiger partial charge in [0.05, 0.1) is 29.8 Å². The van der Waals surface area contributed by atoms with Gasteiger partial charge in [-0.25, -0.2) is 4.72 Å². The molecular weight excluding hydrogens is 433 g/mol. The number of nitrogens with one attached hydrogen (secondary N) is 2. The Morgan fingerprint density at radius 1 is 1.29 bits per heavy atom. The third-order valence-corrected chi connectivity index (χ3v) is 5.95. The molecule has 2 aliphatic rings. The first-order valence-electron chi connectivity index (χ1n) is 9.71. The van der Waals surface area contributed by atoms with Gasteiger partial charge >= 0.3 is 6.18 Å². The van der Waals surface area contributed by atoms with E-state index in [4.69, 9.17) is 4.74 Å². The topological polar surface area (TPSA) is 81.6 Å². The lowest BCUT2D eigenvalue weighted by molar-refractivity contribution is -0.141. The Morgan fingerprint density at radius 3 is 2.58 bits per heavy atom. The number of fused-ring (bicyclic) bond motifs is 1. The molecule has 11 heteroatoms. The number of aromatic nitrogens is 1. The smallest absolute Gasteiger partial charge is 0.427 e. The SMILES string of the molecule is COc1cc(-c2cc(N[S+](C)[O-])c3c(c2)N(CC2CC2)C(C(F)(F)F)N3)cn(C)c1=O. The molecule has 1 fully saturated rings. The minimum absolute atomic E-state index is 0.121. The van der Waals surface area contributed by atoms with Crippen LogP contribution in [-0.4, -0.2) is 41.4 Å². The van der Waals surface area contributed by atoms with Crippen molar-refractivity contribution in [2.75, 3.05) is 34.8 Å². The summed E-state index contributed by atoms with van der Waals surface area (Å²) in [6.07, 6.45) is -1.55. The number of halogens is 3. The predicted molar refractivity (Wildman–Crippen MR) is 115 cm³/mol. The van der Waals surface area contributed by atoms with E-state index < -0.39 is 23.7 Å². The van der Waals surface area contributed by atoms with Crippen molar-refractivity contribution in [1.82, 2.24) is 4.57 Å². The van der Waals surface area contributed by atoms with Crippen LogP contribution < -0.4 is 25.2 Å². The van der Waals surface area contributed by atoms with Gasteiger partial charge in [0.2, 0.25) is 0 Å². The van der Waals surface area contributed by atoms with Crippen molar-refractivity contribution >= 4 is 28.4 Å². The highest BCUT2D eigenvalue weighted by Gasteiger charge is 2.50. The van der Waals surface area contributed by atoms with E-state index in [0.717, 1.165) is 12.8 Å². The van der Waals surface area contributed by atoms with Gasteiger partial charge in [0.25, 0.3) is 5.56 Å². The fraction of sp³-hybridized carbons (Fsp3) is 0.450. The standard InChI is InChI=1S/C20H23F3N4O3S/c1-26-10-13(8-16(30-2)18(26)28)12-6-14(25-31(3)29)17-15(7-12)27(9-11-4-5-11)19(24-17)20(21,22)23/h6-8,10-11,19,24-25H,4-5,9H2,1-3H3. The van der Waals surface area contributed by atoms with E-state index in [0.29, 0.717) is 22.5 Å². The number of hydrogen-bond donors (Lipinski definition) is 2. The van der Waals surface area contributed by atoms with Gasteiger partial charge in [0, 0.05) is 25.4 Å². The lowest BCUT2D eigenvalue weighted by Crippen LogP contribution is -2.48. The number of ether oxygens (including phenoxy) is 1. The molecule has 0 bridgehead atoms. The first kappa shape index (κ1) is 21.7. The summed E-state index contributed by atoms with van der Waals surface area (Å²) in [5.74, 6) is 0.339. The van der Waals surface area contributed by atoms with E-state index in [1.54, 1.807) is 31.4 Å². The maximum absolute atomic E-state index is 13.8. The largest absolute Gasteiger partial charge is 0.593 e. The number of rotatable bonds is 6. The number of nitrogens with zero attached hydrogens (tertiary/aromatic N) is 2. The molecule has 168 valence electrons. The highest BCUT2D eigenvalue weighted by atomic mass is 32.2. The zero-order valence-corrected chi connectivity index (χ0v) is 18.1. The molecule has 2 unspecified atom stereocenters. The molecule has 31 heavy (non-hydrogen) atoms. The molecule has 0 amide bonds. The Hall–Kier alpha value is -2.53. The quantitative estimate of drug-likeness (QED) is 0.650. The molecule has 4 rings (SSSR count). The normalized spacial score (nSPS) is 19.1. The molecule has 0 saturated heterocycles. The summed E-state index contributed by atoms with van der Waals surface area (Å²) < 4.78 is 62.6. The predicted octanol–water partition coefficient (Wildman–Crippen LogP) is 3.30. The first-order chi connectivity index (χ1) is 14.6. The minimum atomic E-state index is -4.49. The number of anilines is 3.